The van der Waals surface area contributed by atoms with Gasteiger partial charge < -0.3 is 5.32 Å². The Morgan fingerprint density at radius 1 is 1.45 bits per heavy atom. The molecule has 1 aromatic carbocycles. The molecule has 0 spiro atoms. The molecule has 0 bridgehead atoms. The smallest absolute Gasteiger partial charge is 0.170 e. The van der Waals surface area contributed by atoms with Crippen molar-refractivity contribution in [2.24, 2.45) is 5.41 Å². The average Bonchev–Trinajstić information content (AvgIpc) is 2.91. The molecule has 1 heterocycles. The molecule has 20 heavy (non-hydrogen) atoms. The molecule has 5 heteroatoms. The highest BCUT2D eigenvalue weighted by Gasteiger charge is 2.41. The molecular weight excluding hydrogens is 300 g/mol. The van der Waals surface area contributed by atoms with Crippen LogP contribution in [0.5, 0.6) is 0 Å². The van der Waals surface area contributed by atoms with Gasteiger partial charge in [-0.2, -0.15) is 0 Å². The fourth-order valence-corrected chi connectivity index (χ4v) is 3.09. The lowest BCUT2D eigenvalue weighted by atomic mass is 9.75. The average molecular weight is 318 g/mol. The highest BCUT2D eigenvalue weighted by molar-refractivity contribution is 6.42. The van der Waals surface area contributed by atoms with Crippen molar-refractivity contribution in [1.29, 1.82) is 0 Å². The summed E-state index contributed by atoms with van der Waals surface area (Å²) in [6.45, 7) is 3.56. The van der Waals surface area contributed by atoms with Gasteiger partial charge in [-0.15, -0.1) is 0 Å². The summed E-state index contributed by atoms with van der Waals surface area (Å²) in [5.41, 5.74) is -0.115. The van der Waals surface area contributed by atoms with Gasteiger partial charge in [0.2, 0.25) is 0 Å². The van der Waals surface area contributed by atoms with E-state index in [2.05, 4.69) is 12.2 Å². The standard InChI is InChI=1S/C15H18Cl2FNO/c1-2-3-4-15(5-6-19-9-15)14(20)10-7-11(16)13(17)12(18)8-10/h7-8,19H,2-6,9H2,1H3/t15-/m1/s1. The minimum atomic E-state index is -0.640. The van der Waals surface area contributed by atoms with Crippen molar-refractivity contribution >= 4 is 29.0 Å². The third kappa shape index (κ3) is 3.00. The Balaban J connectivity index is 2.32. The van der Waals surface area contributed by atoms with Crippen LogP contribution in [0.25, 0.3) is 0 Å². The van der Waals surface area contributed by atoms with Crippen LogP contribution in [0.2, 0.25) is 10.0 Å². The number of hydrogen-bond donors (Lipinski definition) is 1. The Kier molecular flexibility index (Phi) is 5.05. The molecule has 1 atom stereocenters. The molecule has 1 aromatic rings. The molecule has 0 aliphatic carbocycles. The fourth-order valence-electron chi connectivity index (χ4n) is 2.77. The van der Waals surface area contributed by atoms with E-state index in [-0.39, 0.29) is 15.8 Å². The second kappa shape index (κ2) is 6.42. The maximum Gasteiger partial charge on any atom is 0.170 e. The summed E-state index contributed by atoms with van der Waals surface area (Å²) in [6, 6.07) is 2.67. The zero-order chi connectivity index (χ0) is 14.8. The first-order valence-corrected chi connectivity index (χ1v) is 7.66. The molecule has 1 aliphatic heterocycles. The minimum Gasteiger partial charge on any atom is -0.316 e. The van der Waals surface area contributed by atoms with Gasteiger partial charge in [-0.1, -0.05) is 43.0 Å². The third-order valence-corrected chi connectivity index (χ3v) is 4.76. The van der Waals surface area contributed by atoms with Crippen molar-refractivity contribution in [3.8, 4) is 0 Å². The number of carbonyl (C=O) groups excluding carboxylic acids is 1. The molecule has 0 amide bonds. The molecule has 1 fully saturated rings. The molecule has 1 N–H and O–H groups in total. The van der Waals surface area contributed by atoms with Gasteiger partial charge in [0.25, 0.3) is 0 Å². The van der Waals surface area contributed by atoms with E-state index in [0.717, 1.165) is 32.2 Å². The van der Waals surface area contributed by atoms with Crippen LogP contribution in [0.4, 0.5) is 4.39 Å². The van der Waals surface area contributed by atoms with Crippen molar-refractivity contribution in [1.82, 2.24) is 5.32 Å². The molecule has 0 aromatic heterocycles. The van der Waals surface area contributed by atoms with Crippen LogP contribution in [0, 0.1) is 11.2 Å². The lowest BCUT2D eigenvalue weighted by Crippen LogP contribution is -2.33. The first-order valence-electron chi connectivity index (χ1n) is 6.90. The molecule has 1 aliphatic rings. The summed E-state index contributed by atoms with van der Waals surface area (Å²) in [5, 5.41) is 3.20. The lowest BCUT2D eigenvalue weighted by Gasteiger charge is -2.26. The number of Topliss-reactive ketones (excluding diaryl/α,β-unsaturated/α-hetero) is 1. The molecule has 1 saturated heterocycles. The van der Waals surface area contributed by atoms with E-state index in [9.17, 15) is 9.18 Å². The van der Waals surface area contributed by atoms with E-state index in [1.807, 2.05) is 0 Å². The van der Waals surface area contributed by atoms with E-state index in [4.69, 9.17) is 23.2 Å². The highest BCUT2D eigenvalue weighted by Crippen LogP contribution is 2.37. The zero-order valence-corrected chi connectivity index (χ0v) is 13.0. The van der Waals surface area contributed by atoms with Gasteiger partial charge in [-0.25, -0.2) is 4.39 Å². The van der Waals surface area contributed by atoms with E-state index in [0.29, 0.717) is 12.1 Å². The van der Waals surface area contributed by atoms with Gasteiger partial charge in [0.15, 0.2) is 5.78 Å². The Labute approximate surface area is 128 Å². The number of hydrogen-bond acceptors (Lipinski definition) is 2. The predicted octanol–water partition coefficient (Wildman–Crippen LogP) is 4.49. The molecule has 0 unspecified atom stereocenters. The molecule has 2 rings (SSSR count). The number of rotatable bonds is 5. The van der Waals surface area contributed by atoms with Gasteiger partial charge in [0.1, 0.15) is 5.82 Å². The van der Waals surface area contributed by atoms with Gasteiger partial charge in [0.05, 0.1) is 10.0 Å². The number of unbranched alkanes of at least 4 members (excludes halogenated alkanes) is 1. The van der Waals surface area contributed by atoms with Gasteiger partial charge in [-0.05, 0) is 31.5 Å². The SMILES string of the molecule is CCCC[C@@]1(C(=O)c2cc(F)c(Cl)c(Cl)c2)CCNC1. The van der Waals surface area contributed by atoms with Crippen molar-refractivity contribution in [2.75, 3.05) is 13.1 Å². The van der Waals surface area contributed by atoms with E-state index < -0.39 is 11.2 Å². The molecule has 0 saturated carbocycles. The summed E-state index contributed by atoms with van der Waals surface area (Å²) < 4.78 is 13.7. The molecule has 0 radical (unpaired) electrons. The highest BCUT2D eigenvalue weighted by atomic mass is 35.5. The Hall–Kier alpha value is -0.640. The summed E-state index contributed by atoms with van der Waals surface area (Å²) in [4.78, 5) is 12.8. The number of nitrogens with one attached hydrogen (secondary N) is 1. The normalized spacial score (nSPS) is 22.2. The molecule has 110 valence electrons. The van der Waals surface area contributed by atoms with Crippen LogP contribution in [0.3, 0.4) is 0 Å². The first-order chi connectivity index (χ1) is 9.50. The van der Waals surface area contributed by atoms with E-state index in [1.165, 1.54) is 12.1 Å². The number of halogens is 3. The van der Waals surface area contributed by atoms with Gasteiger partial charge >= 0.3 is 0 Å². The third-order valence-electron chi connectivity index (χ3n) is 3.98. The maximum atomic E-state index is 13.7. The number of benzene rings is 1. The number of carbonyl (C=O) groups is 1. The first kappa shape index (κ1) is 15.7. The summed E-state index contributed by atoms with van der Waals surface area (Å²) >= 11 is 11.6. The summed E-state index contributed by atoms with van der Waals surface area (Å²) in [7, 11) is 0. The fraction of sp³-hybridized carbons (Fsp3) is 0.533. The van der Waals surface area contributed by atoms with Gasteiger partial charge in [0, 0.05) is 17.5 Å². The monoisotopic (exact) mass is 317 g/mol. The van der Waals surface area contributed by atoms with Crippen LogP contribution < -0.4 is 5.32 Å². The maximum absolute atomic E-state index is 13.7. The zero-order valence-electron chi connectivity index (χ0n) is 11.4. The van der Waals surface area contributed by atoms with Crippen LogP contribution in [-0.4, -0.2) is 18.9 Å². The quantitative estimate of drug-likeness (QED) is 0.640. The minimum absolute atomic E-state index is 0.0339. The Morgan fingerprint density at radius 2 is 2.20 bits per heavy atom. The lowest BCUT2D eigenvalue weighted by molar-refractivity contribution is 0.0799. The van der Waals surface area contributed by atoms with Crippen molar-refractivity contribution in [3.05, 3.63) is 33.6 Å². The van der Waals surface area contributed by atoms with Crippen LogP contribution in [0.1, 0.15) is 43.0 Å². The topological polar surface area (TPSA) is 29.1 Å². The number of ketones is 1. The van der Waals surface area contributed by atoms with Crippen LogP contribution >= 0.6 is 23.2 Å². The second-order valence-electron chi connectivity index (χ2n) is 5.39. The Morgan fingerprint density at radius 3 is 2.75 bits per heavy atom. The largest absolute Gasteiger partial charge is 0.316 e. The molecule has 2 nitrogen and oxygen atoms in total. The van der Waals surface area contributed by atoms with Crippen LogP contribution in [0.15, 0.2) is 12.1 Å². The van der Waals surface area contributed by atoms with Crippen molar-refractivity contribution in [2.45, 2.75) is 32.6 Å². The van der Waals surface area contributed by atoms with E-state index >= 15 is 0 Å². The van der Waals surface area contributed by atoms with Crippen molar-refractivity contribution < 1.29 is 9.18 Å². The molecular formula is C15H18Cl2FNO. The van der Waals surface area contributed by atoms with E-state index in [1.54, 1.807) is 0 Å². The second-order valence-corrected chi connectivity index (χ2v) is 6.18. The predicted molar refractivity (Wildman–Crippen MR) is 80.2 cm³/mol. The Bertz CT molecular complexity index is 490. The summed E-state index contributed by atoms with van der Waals surface area (Å²) in [6.07, 6.45) is 3.62. The van der Waals surface area contributed by atoms with Crippen LogP contribution in [-0.2, 0) is 0 Å². The summed E-state index contributed by atoms with van der Waals surface area (Å²) in [5.74, 6) is -0.674. The van der Waals surface area contributed by atoms with Gasteiger partial charge in [-0.3, -0.25) is 4.79 Å². The van der Waals surface area contributed by atoms with Crippen molar-refractivity contribution in [3.63, 3.8) is 0 Å².